The fraction of sp³-hybridized carbons (Fsp3) is 0.412. The molecule has 0 aliphatic carbocycles. The maximum atomic E-state index is 4.55. The molecule has 0 radical (unpaired) electrons. The standard InChI is InChI=1S/C17H22N4/c1-14-6-3-8-18-16(14)20-10-5-11-21(13-12-20)17-15(2)7-4-9-19-17/h3-4,6-9H,5,10-13H2,1-2H3. The summed E-state index contributed by atoms with van der Waals surface area (Å²) in [6.07, 6.45) is 4.90. The van der Waals surface area contributed by atoms with Crippen LogP contribution in [0, 0.1) is 13.8 Å². The molecule has 0 bridgehead atoms. The number of aryl methyl sites for hydroxylation is 2. The van der Waals surface area contributed by atoms with Gasteiger partial charge in [0.1, 0.15) is 11.6 Å². The first-order valence-corrected chi connectivity index (χ1v) is 7.59. The molecule has 1 saturated heterocycles. The lowest BCUT2D eigenvalue weighted by Gasteiger charge is -2.25. The molecule has 1 aliphatic rings. The van der Waals surface area contributed by atoms with E-state index in [2.05, 4.69) is 45.7 Å². The van der Waals surface area contributed by atoms with Crippen LogP contribution in [0.5, 0.6) is 0 Å². The van der Waals surface area contributed by atoms with Gasteiger partial charge in [-0.3, -0.25) is 0 Å². The van der Waals surface area contributed by atoms with Crippen LogP contribution in [-0.4, -0.2) is 36.1 Å². The van der Waals surface area contributed by atoms with Crippen molar-refractivity contribution in [1.29, 1.82) is 0 Å². The van der Waals surface area contributed by atoms with Crippen molar-refractivity contribution >= 4 is 11.6 Å². The summed E-state index contributed by atoms with van der Waals surface area (Å²) < 4.78 is 0. The molecule has 1 fully saturated rings. The lowest BCUT2D eigenvalue weighted by molar-refractivity contribution is 0.791. The summed E-state index contributed by atoms with van der Waals surface area (Å²) in [6.45, 7) is 8.37. The molecule has 4 nitrogen and oxygen atoms in total. The SMILES string of the molecule is Cc1cccnc1N1CCCN(c2ncccc2C)CC1. The van der Waals surface area contributed by atoms with E-state index in [1.54, 1.807) is 0 Å². The van der Waals surface area contributed by atoms with Crippen molar-refractivity contribution in [1.82, 2.24) is 9.97 Å². The van der Waals surface area contributed by atoms with Gasteiger partial charge in [0.05, 0.1) is 0 Å². The summed E-state index contributed by atoms with van der Waals surface area (Å²) in [4.78, 5) is 13.9. The van der Waals surface area contributed by atoms with Gasteiger partial charge < -0.3 is 9.80 Å². The maximum Gasteiger partial charge on any atom is 0.131 e. The van der Waals surface area contributed by atoms with E-state index in [4.69, 9.17) is 0 Å². The van der Waals surface area contributed by atoms with E-state index in [1.165, 1.54) is 11.1 Å². The highest BCUT2D eigenvalue weighted by molar-refractivity contribution is 5.49. The number of pyridine rings is 2. The van der Waals surface area contributed by atoms with Crippen LogP contribution in [0.2, 0.25) is 0 Å². The van der Waals surface area contributed by atoms with E-state index in [-0.39, 0.29) is 0 Å². The van der Waals surface area contributed by atoms with E-state index in [9.17, 15) is 0 Å². The molecule has 110 valence electrons. The molecule has 0 unspecified atom stereocenters. The van der Waals surface area contributed by atoms with Crippen molar-refractivity contribution in [2.24, 2.45) is 0 Å². The summed E-state index contributed by atoms with van der Waals surface area (Å²) in [5, 5.41) is 0. The molecule has 1 aliphatic heterocycles. The Balaban J connectivity index is 1.76. The Bertz CT molecular complexity index is 558. The first kappa shape index (κ1) is 13.9. The van der Waals surface area contributed by atoms with E-state index in [0.717, 1.165) is 44.2 Å². The van der Waals surface area contributed by atoms with Crippen molar-refractivity contribution in [3.63, 3.8) is 0 Å². The highest BCUT2D eigenvalue weighted by atomic mass is 15.3. The number of nitrogens with zero attached hydrogens (tertiary/aromatic N) is 4. The smallest absolute Gasteiger partial charge is 0.131 e. The predicted molar refractivity (Wildman–Crippen MR) is 87.0 cm³/mol. The minimum atomic E-state index is 0.994. The molecule has 0 saturated carbocycles. The number of aromatic nitrogens is 2. The second-order valence-corrected chi connectivity index (χ2v) is 5.62. The lowest BCUT2D eigenvalue weighted by atomic mass is 10.2. The van der Waals surface area contributed by atoms with Gasteiger partial charge in [0.2, 0.25) is 0 Å². The zero-order valence-electron chi connectivity index (χ0n) is 12.8. The highest BCUT2D eigenvalue weighted by Gasteiger charge is 2.18. The minimum absolute atomic E-state index is 0.994. The molecule has 0 aromatic carbocycles. The Kier molecular flexibility index (Phi) is 4.04. The number of hydrogen-bond acceptors (Lipinski definition) is 4. The zero-order valence-corrected chi connectivity index (χ0v) is 12.8. The molecular formula is C17H22N4. The molecule has 3 rings (SSSR count). The third kappa shape index (κ3) is 2.99. The average Bonchev–Trinajstić information content (AvgIpc) is 2.74. The topological polar surface area (TPSA) is 32.3 Å². The third-order valence-electron chi connectivity index (χ3n) is 4.06. The second kappa shape index (κ2) is 6.12. The van der Waals surface area contributed by atoms with Gasteiger partial charge in [0, 0.05) is 38.6 Å². The Hall–Kier alpha value is -2.10. The van der Waals surface area contributed by atoms with Crippen LogP contribution in [-0.2, 0) is 0 Å². The molecular weight excluding hydrogens is 260 g/mol. The number of anilines is 2. The molecule has 2 aromatic heterocycles. The van der Waals surface area contributed by atoms with Crippen LogP contribution in [0.15, 0.2) is 36.7 Å². The zero-order chi connectivity index (χ0) is 14.7. The Morgan fingerprint density at radius 1 is 0.762 bits per heavy atom. The van der Waals surface area contributed by atoms with Crippen LogP contribution in [0.3, 0.4) is 0 Å². The normalized spacial score (nSPS) is 15.9. The molecule has 21 heavy (non-hydrogen) atoms. The second-order valence-electron chi connectivity index (χ2n) is 5.62. The molecule has 0 spiro atoms. The number of hydrogen-bond donors (Lipinski definition) is 0. The van der Waals surface area contributed by atoms with Gasteiger partial charge in [-0.05, 0) is 43.5 Å². The monoisotopic (exact) mass is 282 g/mol. The summed E-state index contributed by atoms with van der Waals surface area (Å²) >= 11 is 0. The fourth-order valence-corrected chi connectivity index (χ4v) is 2.96. The van der Waals surface area contributed by atoms with Gasteiger partial charge in [0.15, 0.2) is 0 Å². The van der Waals surface area contributed by atoms with Crippen molar-refractivity contribution in [3.8, 4) is 0 Å². The maximum absolute atomic E-state index is 4.55. The largest absolute Gasteiger partial charge is 0.355 e. The van der Waals surface area contributed by atoms with Crippen LogP contribution in [0.1, 0.15) is 17.5 Å². The Morgan fingerprint density at radius 3 is 1.67 bits per heavy atom. The van der Waals surface area contributed by atoms with Crippen LogP contribution in [0.25, 0.3) is 0 Å². The Labute approximate surface area is 126 Å². The lowest BCUT2D eigenvalue weighted by Crippen LogP contribution is -2.32. The molecule has 2 aromatic rings. The summed E-state index contributed by atoms with van der Waals surface area (Å²) in [6, 6.07) is 8.27. The van der Waals surface area contributed by atoms with Crippen LogP contribution < -0.4 is 9.80 Å². The fourth-order valence-electron chi connectivity index (χ4n) is 2.96. The molecule has 4 heteroatoms. The van der Waals surface area contributed by atoms with E-state index in [0.29, 0.717) is 0 Å². The van der Waals surface area contributed by atoms with Crippen LogP contribution >= 0.6 is 0 Å². The van der Waals surface area contributed by atoms with Crippen molar-refractivity contribution < 1.29 is 0 Å². The van der Waals surface area contributed by atoms with Crippen molar-refractivity contribution in [2.75, 3.05) is 36.0 Å². The molecule has 0 amide bonds. The number of rotatable bonds is 2. The van der Waals surface area contributed by atoms with E-state index >= 15 is 0 Å². The highest BCUT2D eigenvalue weighted by Crippen LogP contribution is 2.21. The van der Waals surface area contributed by atoms with Crippen molar-refractivity contribution in [3.05, 3.63) is 47.8 Å². The molecule has 0 atom stereocenters. The van der Waals surface area contributed by atoms with E-state index < -0.39 is 0 Å². The van der Waals surface area contributed by atoms with Gasteiger partial charge in [-0.25, -0.2) is 9.97 Å². The first-order chi connectivity index (χ1) is 10.3. The summed E-state index contributed by atoms with van der Waals surface area (Å²) in [5.74, 6) is 2.24. The summed E-state index contributed by atoms with van der Waals surface area (Å²) in [7, 11) is 0. The predicted octanol–water partition coefficient (Wildman–Crippen LogP) is 2.81. The minimum Gasteiger partial charge on any atom is -0.355 e. The van der Waals surface area contributed by atoms with Gasteiger partial charge in [-0.1, -0.05) is 12.1 Å². The molecule has 3 heterocycles. The van der Waals surface area contributed by atoms with Gasteiger partial charge >= 0.3 is 0 Å². The molecule has 0 N–H and O–H groups in total. The van der Waals surface area contributed by atoms with Gasteiger partial charge in [0.25, 0.3) is 0 Å². The van der Waals surface area contributed by atoms with E-state index in [1.807, 2.05) is 24.5 Å². The van der Waals surface area contributed by atoms with Gasteiger partial charge in [-0.2, -0.15) is 0 Å². The quantitative estimate of drug-likeness (QED) is 0.848. The van der Waals surface area contributed by atoms with Crippen molar-refractivity contribution in [2.45, 2.75) is 20.3 Å². The van der Waals surface area contributed by atoms with Gasteiger partial charge in [-0.15, -0.1) is 0 Å². The third-order valence-corrected chi connectivity index (χ3v) is 4.06. The Morgan fingerprint density at radius 2 is 1.24 bits per heavy atom. The van der Waals surface area contributed by atoms with Crippen LogP contribution in [0.4, 0.5) is 11.6 Å². The first-order valence-electron chi connectivity index (χ1n) is 7.59. The summed E-state index contributed by atoms with van der Waals surface area (Å²) in [5.41, 5.74) is 2.50. The average molecular weight is 282 g/mol.